The number of aromatic nitrogens is 1. The van der Waals surface area contributed by atoms with E-state index in [0.717, 1.165) is 62.5 Å². The van der Waals surface area contributed by atoms with Gasteiger partial charge in [0, 0.05) is 37.6 Å². The van der Waals surface area contributed by atoms with Crippen molar-refractivity contribution in [2.75, 3.05) is 26.7 Å². The summed E-state index contributed by atoms with van der Waals surface area (Å²) in [5.74, 6) is -0.545. The van der Waals surface area contributed by atoms with E-state index in [1.54, 1.807) is 0 Å². The molecule has 0 radical (unpaired) electrons. The summed E-state index contributed by atoms with van der Waals surface area (Å²) in [5.41, 5.74) is 0.404. The van der Waals surface area contributed by atoms with Crippen LogP contribution in [0.4, 0.5) is 0 Å². The van der Waals surface area contributed by atoms with Gasteiger partial charge in [-0.2, -0.15) is 0 Å². The maximum atomic E-state index is 13.3. The number of likely N-dealkylation sites (tertiary alicyclic amines) is 1. The lowest BCUT2D eigenvalue weighted by atomic mass is 9.80. The highest BCUT2D eigenvalue weighted by molar-refractivity contribution is 5.81. The number of benzene rings is 1. The highest BCUT2D eigenvalue weighted by atomic mass is 16.6. The van der Waals surface area contributed by atoms with Crippen molar-refractivity contribution in [3.8, 4) is 0 Å². The molecule has 4 rings (SSSR count). The van der Waals surface area contributed by atoms with Gasteiger partial charge in [0.15, 0.2) is 5.60 Å². The molecule has 1 N–H and O–H groups in total. The number of hydrogen-bond donors (Lipinski definition) is 1. The van der Waals surface area contributed by atoms with E-state index in [4.69, 9.17) is 4.74 Å². The van der Waals surface area contributed by atoms with Crippen LogP contribution in [-0.2, 0) is 21.6 Å². The van der Waals surface area contributed by atoms with Crippen molar-refractivity contribution in [1.29, 1.82) is 0 Å². The molecule has 0 bridgehead atoms. The lowest BCUT2D eigenvalue weighted by Crippen LogP contribution is -2.52. The summed E-state index contributed by atoms with van der Waals surface area (Å²) < 4.78 is 6.80. The van der Waals surface area contributed by atoms with Gasteiger partial charge in [-0.15, -0.1) is 0 Å². The zero-order chi connectivity index (χ0) is 21.7. The van der Waals surface area contributed by atoms with Gasteiger partial charge in [-0.25, -0.2) is 4.79 Å². The van der Waals surface area contributed by atoms with E-state index in [9.17, 15) is 9.90 Å². The molecule has 1 saturated carbocycles. The van der Waals surface area contributed by atoms with Crippen molar-refractivity contribution in [1.82, 2.24) is 4.98 Å². The summed E-state index contributed by atoms with van der Waals surface area (Å²) >= 11 is 0. The monoisotopic (exact) mass is 423 g/mol. The van der Waals surface area contributed by atoms with Crippen molar-refractivity contribution in [3.05, 3.63) is 66.0 Å². The molecule has 5 heteroatoms. The third-order valence-corrected chi connectivity index (χ3v) is 7.63. The summed E-state index contributed by atoms with van der Waals surface area (Å²) in [5, 5.41) is 11.6. The quantitative estimate of drug-likeness (QED) is 0.517. The molecule has 2 aromatic rings. The van der Waals surface area contributed by atoms with Gasteiger partial charge in [-0.05, 0) is 36.1 Å². The molecule has 5 nitrogen and oxygen atoms in total. The Hall–Kier alpha value is -2.24. The average Bonchev–Trinajstić information content (AvgIpc) is 3.48. The normalized spacial score (nSPS) is 25.9. The van der Waals surface area contributed by atoms with Crippen LogP contribution in [0.25, 0.3) is 0 Å². The van der Waals surface area contributed by atoms with Crippen LogP contribution in [0.3, 0.4) is 0 Å². The Morgan fingerprint density at radius 2 is 1.81 bits per heavy atom. The van der Waals surface area contributed by atoms with Gasteiger partial charge >= 0.3 is 5.97 Å². The fraction of sp³-hybridized carbons (Fsp3) is 0.538. The molecule has 1 aliphatic carbocycles. The first-order valence-electron chi connectivity index (χ1n) is 11.7. The Kier molecular flexibility index (Phi) is 6.73. The van der Waals surface area contributed by atoms with E-state index < -0.39 is 11.6 Å². The zero-order valence-corrected chi connectivity index (χ0v) is 18.6. The molecule has 1 aromatic carbocycles. The molecule has 3 atom stereocenters. The van der Waals surface area contributed by atoms with Crippen molar-refractivity contribution in [2.45, 2.75) is 56.6 Å². The molecule has 0 amide bonds. The predicted molar refractivity (Wildman–Crippen MR) is 120 cm³/mol. The molecule has 0 spiro atoms. The molecule has 166 valence electrons. The second kappa shape index (κ2) is 9.49. The fourth-order valence-corrected chi connectivity index (χ4v) is 5.51. The third kappa shape index (κ3) is 4.68. The standard InChI is InChI=1S/C26H35N2O3/c1-28(19-15-21-13-16-27-17-14-21)18-7-12-24(28)20-31-25(29)26(30,23-10-5-6-11-23)22-8-3-2-4-9-22/h2-4,8-9,13-14,16-17,23-24,30H,5-7,10-12,15,18-20H2,1H3/q+1/t24?,26?,28-/m1/s1. The van der Waals surface area contributed by atoms with Gasteiger partial charge in [-0.3, -0.25) is 4.98 Å². The second-order valence-corrected chi connectivity index (χ2v) is 9.54. The molecule has 2 aliphatic rings. The Balaban J connectivity index is 1.43. The molecule has 1 saturated heterocycles. The van der Waals surface area contributed by atoms with Crippen LogP contribution in [0.2, 0.25) is 0 Å². The third-order valence-electron chi connectivity index (χ3n) is 7.63. The number of likely N-dealkylation sites (N-methyl/N-ethyl adjacent to an activating group) is 1. The van der Waals surface area contributed by atoms with Crippen LogP contribution in [0.5, 0.6) is 0 Å². The van der Waals surface area contributed by atoms with E-state index >= 15 is 0 Å². The number of aliphatic hydroxyl groups is 1. The number of pyridine rings is 1. The second-order valence-electron chi connectivity index (χ2n) is 9.54. The Labute approximate surface area is 185 Å². The first kappa shape index (κ1) is 22.0. The maximum absolute atomic E-state index is 13.3. The molecule has 1 aromatic heterocycles. The number of hydrogen-bond acceptors (Lipinski definition) is 4. The Morgan fingerprint density at radius 3 is 2.52 bits per heavy atom. The van der Waals surface area contributed by atoms with Crippen LogP contribution >= 0.6 is 0 Å². The summed E-state index contributed by atoms with van der Waals surface area (Å²) in [6, 6.07) is 13.8. The van der Waals surface area contributed by atoms with Gasteiger partial charge < -0.3 is 14.3 Å². The van der Waals surface area contributed by atoms with Crippen LogP contribution in [0.15, 0.2) is 54.9 Å². The largest absolute Gasteiger partial charge is 0.457 e. The van der Waals surface area contributed by atoms with E-state index in [0.29, 0.717) is 12.2 Å². The summed E-state index contributed by atoms with van der Waals surface area (Å²) in [6.07, 6.45) is 10.7. The summed E-state index contributed by atoms with van der Waals surface area (Å²) in [6.45, 7) is 2.48. The summed E-state index contributed by atoms with van der Waals surface area (Å²) in [4.78, 5) is 17.4. The minimum Gasteiger partial charge on any atom is -0.457 e. The first-order chi connectivity index (χ1) is 15.0. The first-order valence-corrected chi connectivity index (χ1v) is 11.7. The SMILES string of the molecule is C[N@+]1(CCc2ccncc2)CCCC1COC(=O)C(O)(c1ccccc1)C1CCCC1. The van der Waals surface area contributed by atoms with Crippen molar-refractivity contribution < 1.29 is 19.1 Å². The highest BCUT2D eigenvalue weighted by Crippen LogP contribution is 2.41. The van der Waals surface area contributed by atoms with E-state index in [1.807, 2.05) is 42.7 Å². The lowest BCUT2D eigenvalue weighted by molar-refractivity contribution is -0.921. The molecular formula is C26H35N2O3+. The zero-order valence-electron chi connectivity index (χ0n) is 18.6. The highest BCUT2D eigenvalue weighted by Gasteiger charge is 2.48. The van der Waals surface area contributed by atoms with Crippen molar-refractivity contribution in [2.24, 2.45) is 5.92 Å². The van der Waals surface area contributed by atoms with E-state index in [2.05, 4.69) is 24.2 Å². The number of rotatable bonds is 8. The van der Waals surface area contributed by atoms with Gasteiger partial charge in [0.1, 0.15) is 12.6 Å². The molecule has 2 unspecified atom stereocenters. The molecular weight excluding hydrogens is 388 g/mol. The van der Waals surface area contributed by atoms with Crippen LogP contribution in [0, 0.1) is 5.92 Å². The molecule has 1 aliphatic heterocycles. The molecule has 2 fully saturated rings. The van der Waals surface area contributed by atoms with E-state index in [-0.39, 0.29) is 12.0 Å². The topological polar surface area (TPSA) is 59.4 Å². The smallest absolute Gasteiger partial charge is 0.343 e. The Bertz CT molecular complexity index is 853. The number of esters is 1. The minimum atomic E-state index is -1.54. The number of quaternary nitrogens is 1. The van der Waals surface area contributed by atoms with Crippen molar-refractivity contribution in [3.63, 3.8) is 0 Å². The van der Waals surface area contributed by atoms with Crippen LogP contribution < -0.4 is 0 Å². The number of carbonyl (C=O) groups excluding carboxylic acids is 1. The molecule has 2 heterocycles. The van der Waals surface area contributed by atoms with Crippen molar-refractivity contribution >= 4 is 5.97 Å². The lowest BCUT2D eigenvalue weighted by Gasteiger charge is -2.37. The predicted octanol–water partition coefficient (Wildman–Crippen LogP) is 3.85. The van der Waals surface area contributed by atoms with E-state index in [1.165, 1.54) is 5.56 Å². The minimum absolute atomic E-state index is 0.0708. The van der Waals surface area contributed by atoms with Crippen LogP contribution in [-0.4, -0.2) is 53.3 Å². The average molecular weight is 424 g/mol. The van der Waals surface area contributed by atoms with Gasteiger partial charge in [-0.1, -0.05) is 43.2 Å². The van der Waals surface area contributed by atoms with Gasteiger partial charge in [0.2, 0.25) is 0 Å². The molecule has 31 heavy (non-hydrogen) atoms. The number of ether oxygens (including phenoxy) is 1. The van der Waals surface area contributed by atoms with Crippen LogP contribution in [0.1, 0.15) is 49.7 Å². The van der Waals surface area contributed by atoms with Gasteiger partial charge in [0.25, 0.3) is 0 Å². The fourth-order valence-electron chi connectivity index (χ4n) is 5.51. The maximum Gasteiger partial charge on any atom is 0.343 e. The number of carbonyl (C=O) groups is 1. The Morgan fingerprint density at radius 1 is 1.10 bits per heavy atom. The van der Waals surface area contributed by atoms with Gasteiger partial charge in [0.05, 0.1) is 20.1 Å². The number of nitrogens with zero attached hydrogens (tertiary/aromatic N) is 2. The summed E-state index contributed by atoms with van der Waals surface area (Å²) in [7, 11) is 2.27.